The maximum atomic E-state index is 13.6. The molecule has 0 aliphatic heterocycles. The van der Waals surface area contributed by atoms with Gasteiger partial charge in [0.25, 0.3) is 5.91 Å². The minimum absolute atomic E-state index is 0.101. The second kappa shape index (κ2) is 7.59. The number of halogens is 5. The van der Waals surface area contributed by atoms with E-state index < -0.39 is 29.3 Å². The van der Waals surface area contributed by atoms with Crippen LogP contribution >= 0.6 is 0 Å². The van der Waals surface area contributed by atoms with Crippen molar-refractivity contribution in [2.75, 3.05) is 10.6 Å². The average Bonchev–Trinajstić information content (AvgIpc) is 2.64. The summed E-state index contributed by atoms with van der Waals surface area (Å²) in [5, 5.41) is 12.2. The number of anilines is 3. The van der Waals surface area contributed by atoms with Gasteiger partial charge in [0.2, 0.25) is 0 Å². The van der Waals surface area contributed by atoms with E-state index in [0.717, 1.165) is 24.3 Å². The number of aromatic nitrogens is 2. The molecule has 2 aromatic carbocycles. The SMILES string of the molecule is O=C(Nc1ccc(F)cc1F)c1ccc(Nc2cccc(C(F)(F)F)c2)nn1. The van der Waals surface area contributed by atoms with Gasteiger partial charge in [0.05, 0.1) is 11.3 Å². The van der Waals surface area contributed by atoms with Crippen molar-refractivity contribution in [3.8, 4) is 0 Å². The maximum absolute atomic E-state index is 13.6. The molecule has 28 heavy (non-hydrogen) atoms. The number of benzene rings is 2. The third-order valence-corrected chi connectivity index (χ3v) is 3.54. The Morgan fingerprint density at radius 1 is 0.929 bits per heavy atom. The van der Waals surface area contributed by atoms with Crippen LogP contribution in [0, 0.1) is 11.6 Å². The van der Waals surface area contributed by atoms with Gasteiger partial charge >= 0.3 is 6.18 Å². The number of nitrogens with zero attached hydrogens (tertiary/aromatic N) is 2. The van der Waals surface area contributed by atoms with Gasteiger partial charge < -0.3 is 10.6 Å². The summed E-state index contributed by atoms with van der Waals surface area (Å²) in [6.45, 7) is 0. The fraction of sp³-hybridized carbons (Fsp3) is 0.0556. The molecule has 0 radical (unpaired) electrons. The number of nitrogens with one attached hydrogen (secondary N) is 2. The van der Waals surface area contributed by atoms with E-state index in [2.05, 4.69) is 20.8 Å². The van der Waals surface area contributed by atoms with Crippen molar-refractivity contribution in [3.63, 3.8) is 0 Å². The molecule has 2 N–H and O–H groups in total. The van der Waals surface area contributed by atoms with Crippen molar-refractivity contribution in [2.24, 2.45) is 0 Å². The molecule has 0 fully saturated rings. The smallest absolute Gasteiger partial charge is 0.339 e. The van der Waals surface area contributed by atoms with E-state index in [0.29, 0.717) is 6.07 Å². The summed E-state index contributed by atoms with van der Waals surface area (Å²) in [4.78, 5) is 12.1. The van der Waals surface area contributed by atoms with Crippen molar-refractivity contribution in [1.82, 2.24) is 10.2 Å². The Labute approximate surface area is 155 Å². The van der Waals surface area contributed by atoms with Crippen LogP contribution in [-0.2, 0) is 6.18 Å². The van der Waals surface area contributed by atoms with Crippen molar-refractivity contribution in [2.45, 2.75) is 6.18 Å². The molecule has 0 unspecified atom stereocenters. The average molecular weight is 394 g/mol. The minimum Gasteiger partial charge on any atom is -0.339 e. The van der Waals surface area contributed by atoms with Crippen molar-refractivity contribution >= 4 is 23.1 Å². The number of carbonyl (C=O) groups excluding carboxylic acids is 1. The summed E-state index contributed by atoms with van der Waals surface area (Å²) in [5.74, 6) is -2.43. The lowest BCUT2D eigenvalue weighted by Crippen LogP contribution is -2.15. The van der Waals surface area contributed by atoms with Crippen LogP contribution in [0.15, 0.2) is 54.6 Å². The molecule has 5 nitrogen and oxygen atoms in total. The molecule has 0 aliphatic rings. The normalized spacial score (nSPS) is 11.2. The fourth-order valence-electron chi connectivity index (χ4n) is 2.22. The quantitative estimate of drug-likeness (QED) is 0.626. The monoisotopic (exact) mass is 394 g/mol. The van der Waals surface area contributed by atoms with Gasteiger partial charge in [-0.3, -0.25) is 4.79 Å². The number of hydrogen-bond donors (Lipinski definition) is 2. The zero-order valence-electron chi connectivity index (χ0n) is 13.9. The molecule has 0 spiro atoms. The van der Waals surface area contributed by atoms with Gasteiger partial charge in [0.1, 0.15) is 11.6 Å². The molecule has 1 aromatic heterocycles. The number of amides is 1. The van der Waals surface area contributed by atoms with Gasteiger partial charge in [-0.1, -0.05) is 6.07 Å². The first-order chi connectivity index (χ1) is 13.2. The van der Waals surface area contributed by atoms with Crippen molar-refractivity contribution in [3.05, 3.63) is 77.5 Å². The number of hydrogen-bond acceptors (Lipinski definition) is 4. The predicted octanol–water partition coefficient (Wildman–Crippen LogP) is 4.77. The van der Waals surface area contributed by atoms with Gasteiger partial charge in [-0.25, -0.2) is 8.78 Å². The first-order valence-electron chi connectivity index (χ1n) is 7.77. The molecule has 3 aromatic rings. The van der Waals surface area contributed by atoms with Crippen LogP contribution in [0.3, 0.4) is 0 Å². The molecule has 0 atom stereocenters. The second-order valence-electron chi connectivity index (χ2n) is 5.59. The highest BCUT2D eigenvalue weighted by Gasteiger charge is 2.30. The molecule has 0 saturated heterocycles. The first kappa shape index (κ1) is 19.2. The third-order valence-electron chi connectivity index (χ3n) is 3.54. The molecule has 10 heteroatoms. The largest absolute Gasteiger partial charge is 0.416 e. The van der Waals surface area contributed by atoms with Crippen LogP contribution in [-0.4, -0.2) is 16.1 Å². The molecule has 1 heterocycles. The van der Waals surface area contributed by atoms with E-state index in [-0.39, 0.29) is 22.9 Å². The summed E-state index contributed by atoms with van der Waals surface area (Å²) in [6, 6.07) is 9.70. The Kier molecular flexibility index (Phi) is 5.21. The Morgan fingerprint density at radius 3 is 2.36 bits per heavy atom. The van der Waals surface area contributed by atoms with Crippen molar-refractivity contribution < 1.29 is 26.7 Å². The summed E-state index contributed by atoms with van der Waals surface area (Å²) >= 11 is 0. The molecule has 1 amide bonds. The zero-order valence-corrected chi connectivity index (χ0v) is 13.9. The highest BCUT2D eigenvalue weighted by Crippen LogP contribution is 2.31. The van der Waals surface area contributed by atoms with Crippen LogP contribution in [0.25, 0.3) is 0 Å². The van der Waals surface area contributed by atoms with Crippen LogP contribution in [0.2, 0.25) is 0 Å². The summed E-state index contributed by atoms with van der Waals surface area (Å²) < 4.78 is 64.6. The van der Waals surface area contributed by atoms with Crippen molar-refractivity contribution in [1.29, 1.82) is 0 Å². The summed E-state index contributed by atoms with van der Waals surface area (Å²) in [5.41, 5.74) is -1.10. The zero-order chi connectivity index (χ0) is 20.3. The highest BCUT2D eigenvalue weighted by molar-refractivity contribution is 6.02. The Morgan fingerprint density at radius 2 is 1.71 bits per heavy atom. The van der Waals surface area contributed by atoms with Crippen LogP contribution in [0.5, 0.6) is 0 Å². The van der Waals surface area contributed by atoms with E-state index >= 15 is 0 Å². The van der Waals surface area contributed by atoms with Gasteiger partial charge in [-0.05, 0) is 42.5 Å². The van der Waals surface area contributed by atoms with E-state index in [9.17, 15) is 26.7 Å². The minimum atomic E-state index is -4.49. The lowest BCUT2D eigenvalue weighted by molar-refractivity contribution is -0.137. The molecule has 0 aliphatic carbocycles. The van der Waals surface area contributed by atoms with Gasteiger partial charge in [0, 0.05) is 11.8 Å². The number of carbonyl (C=O) groups is 1. The Bertz CT molecular complexity index is 1010. The predicted molar refractivity (Wildman–Crippen MR) is 91.1 cm³/mol. The number of alkyl halides is 3. The molecule has 144 valence electrons. The Balaban J connectivity index is 1.70. The first-order valence-corrected chi connectivity index (χ1v) is 7.77. The third kappa shape index (κ3) is 4.58. The van der Waals surface area contributed by atoms with Gasteiger partial charge in [-0.2, -0.15) is 13.2 Å². The fourth-order valence-corrected chi connectivity index (χ4v) is 2.22. The summed E-state index contributed by atoms with van der Waals surface area (Å²) in [6.07, 6.45) is -4.49. The molecule has 3 rings (SSSR count). The van der Waals surface area contributed by atoms with E-state index in [1.54, 1.807) is 0 Å². The Hall–Kier alpha value is -3.56. The number of rotatable bonds is 4. The van der Waals surface area contributed by atoms with E-state index in [1.807, 2.05) is 0 Å². The maximum Gasteiger partial charge on any atom is 0.416 e. The van der Waals surface area contributed by atoms with E-state index in [1.165, 1.54) is 24.3 Å². The standard InChI is InChI=1S/C18H11F5N4O/c19-11-4-5-14(13(20)9-11)25-17(28)15-6-7-16(27-26-15)24-12-3-1-2-10(8-12)18(21,22)23/h1-9H,(H,24,27)(H,25,28). The lowest BCUT2D eigenvalue weighted by Gasteiger charge is -2.10. The topological polar surface area (TPSA) is 66.9 Å². The molecule has 0 bridgehead atoms. The van der Waals surface area contributed by atoms with E-state index in [4.69, 9.17) is 0 Å². The second-order valence-corrected chi connectivity index (χ2v) is 5.59. The molecular weight excluding hydrogens is 383 g/mol. The summed E-state index contributed by atoms with van der Waals surface area (Å²) in [7, 11) is 0. The lowest BCUT2D eigenvalue weighted by atomic mass is 10.2. The van der Waals surface area contributed by atoms with Crippen LogP contribution in [0.1, 0.15) is 16.1 Å². The van der Waals surface area contributed by atoms with Gasteiger partial charge in [0.15, 0.2) is 11.5 Å². The molecular formula is C18H11F5N4O. The van der Waals surface area contributed by atoms with Gasteiger partial charge in [-0.15, -0.1) is 10.2 Å². The highest BCUT2D eigenvalue weighted by atomic mass is 19.4. The van der Waals surface area contributed by atoms with Crippen LogP contribution in [0.4, 0.5) is 39.1 Å². The molecule has 0 saturated carbocycles. The van der Waals surface area contributed by atoms with Crippen LogP contribution < -0.4 is 10.6 Å².